The molecular weight excluding hydrogens is 598 g/mol. The number of hydrogen-bond donors (Lipinski definition) is 3. The summed E-state index contributed by atoms with van der Waals surface area (Å²) in [7, 11) is 1.63. The van der Waals surface area contributed by atoms with Crippen molar-refractivity contribution < 1.29 is 28.6 Å². The molecule has 1 aliphatic carbocycles. The van der Waals surface area contributed by atoms with Gasteiger partial charge in [0, 0.05) is 48.1 Å². The Morgan fingerprint density at radius 3 is 2.43 bits per heavy atom. The summed E-state index contributed by atoms with van der Waals surface area (Å²) >= 11 is 0. The summed E-state index contributed by atoms with van der Waals surface area (Å²) in [6, 6.07) is 16.7. The molecule has 3 aromatic rings. The first-order valence-electron chi connectivity index (χ1n) is 16.1. The number of carbonyl (C=O) groups excluding carboxylic acids is 3. The lowest BCUT2D eigenvalue weighted by Gasteiger charge is -2.27. The van der Waals surface area contributed by atoms with Gasteiger partial charge in [-0.2, -0.15) is 0 Å². The predicted molar refractivity (Wildman–Crippen MR) is 184 cm³/mol. The fourth-order valence-electron chi connectivity index (χ4n) is 5.33. The second-order valence-electron chi connectivity index (χ2n) is 11.7. The van der Waals surface area contributed by atoms with Gasteiger partial charge in [-0.1, -0.05) is 44.2 Å². The zero-order valence-electron chi connectivity index (χ0n) is 27.9. The summed E-state index contributed by atoms with van der Waals surface area (Å²) in [5.41, 5.74) is 8.42. The van der Waals surface area contributed by atoms with Crippen LogP contribution in [-0.4, -0.2) is 79.3 Å². The Hall–Kier alpha value is -4.64. The molecule has 1 aliphatic heterocycles. The molecular formula is C36H49N5O6. The van der Waals surface area contributed by atoms with Crippen LogP contribution in [0.3, 0.4) is 0 Å². The maximum Gasteiger partial charge on any atom is 0.318 e. The zero-order chi connectivity index (χ0) is 34.3. The van der Waals surface area contributed by atoms with Gasteiger partial charge in [-0.05, 0) is 44.2 Å². The third-order valence-corrected chi connectivity index (χ3v) is 7.69. The molecule has 3 atom stereocenters. The predicted octanol–water partition coefficient (Wildman–Crippen LogP) is 5.08. The Morgan fingerprint density at radius 2 is 1.85 bits per heavy atom. The number of likely N-dealkylation sites (tertiary alicyclic amines) is 1. The molecule has 2 aliphatic rings. The SMILES string of the molecule is C=C.CCOC=O.COc1ccc2c(O[C@@H]3CC(C(=O)NC4CC4)N(C(=O)NC(CN)CC(C)C)C3)cc(-c3ccccc3)nc2c1. The summed E-state index contributed by atoms with van der Waals surface area (Å²) in [6.07, 6.45) is 2.73. The minimum absolute atomic E-state index is 0.133. The van der Waals surface area contributed by atoms with Gasteiger partial charge in [-0.25, -0.2) is 9.78 Å². The maximum absolute atomic E-state index is 13.4. The van der Waals surface area contributed by atoms with E-state index in [9.17, 15) is 14.4 Å². The van der Waals surface area contributed by atoms with Gasteiger partial charge < -0.3 is 35.5 Å². The standard InChI is InChI=1S/C31H39N5O4.C3H6O2.C2H4/c1-19(2)13-22(17-32)34-31(38)36-18-24(15-28(36)30(37)33-21-9-10-21)40-29-16-26(20-7-5-4-6-8-20)35-27-14-23(39-3)11-12-25(27)29;1-2-5-3-4;1-2/h4-8,11-12,14,16,19,21-22,24,28H,9-10,13,15,17-18,32H2,1-3H3,(H,33,37)(H,34,38);3H,2H2,1H3;1-2H2/t22?,24-,28?;;/m1../s1. The molecule has 47 heavy (non-hydrogen) atoms. The fourth-order valence-corrected chi connectivity index (χ4v) is 5.33. The average Bonchev–Trinajstić information content (AvgIpc) is 3.80. The van der Waals surface area contributed by atoms with Crippen molar-refractivity contribution in [1.82, 2.24) is 20.5 Å². The highest BCUT2D eigenvalue weighted by molar-refractivity contribution is 5.90. The first kappa shape index (κ1) is 36.8. The van der Waals surface area contributed by atoms with Crippen LogP contribution in [0.4, 0.5) is 4.79 Å². The molecule has 2 heterocycles. The summed E-state index contributed by atoms with van der Waals surface area (Å²) in [5, 5.41) is 6.96. The van der Waals surface area contributed by atoms with E-state index >= 15 is 0 Å². The van der Waals surface area contributed by atoms with Crippen LogP contribution in [-0.2, 0) is 14.3 Å². The number of methoxy groups -OCH3 is 1. The molecule has 11 heteroatoms. The van der Waals surface area contributed by atoms with E-state index < -0.39 is 6.04 Å². The van der Waals surface area contributed by atoms with Gasteiger partial charge in [-0.3, -0.25) is 9.59 Å². The van der Waals surface area contributed by atoms with Crippen molar-refractivity contribution in [1.29, 1.82) is 0 Å². The van der Waals surface area contributed by atoms with Crippen LogP contribution in [0.2, 0.25) is 0 Å². The van der Waals surface area contributed by atoms with E-state index in [0.717, 1.165) is 41.4 Å². The van der Waals surface area contributed by atoms with E-state index in [2.05, 4.69) is 42.4 Å². The van der Waals surface area contributed by atoms with Crippen molar-refractivity contribution in [3.63, 3.8) is 0 Å². The maximum atomic E-state index is 13.4. The molecule has 3 amide bonds. The largest absolute Gasteiger partial charge is 0.497 e. The van der Waals surface area contributed by atoms with Crippen molar-refractivity contribution in [3.05, 3.63) is 67.8 Å². The molecule has 1 saturated carbocycles. The van der Waals surface area contributed by atoms with Crippen LogP contribution >= 0.6 is 0 Å². The van der Waals surface area contributed by atoms with E-state index in [1.807, 2.05) is 54.6 Å². The van der Waals surface area contributed by atoms with E-state index in [0.29, 0.717) is 43.5 Å². The third kappa shape index (κ3) is 10.7. The van der Waals surface area contributed by atoms with Crippen LogP contribution in [0.1, 0.15) is 46.5 Å². The van der Waals surface area contributed by atoms with E-state index in [1.165, 1.54) is 0 Å². The topological polar surface area (TPSA) is 145 Å². The Morgan fingerprint density at radius 1 is 1.13 bits per heavy atom. The van der Waals surface area contributed by atoms with E-state index in [-0.39, 0.29) is 36.7 Å². The Bertz CT molecular complexity index is 1450. The molecule has 5 rings (SSSR count). The number of fused-ring (bicyclic) bond motifs is 1. The lowest BCUT2D eigenvalue weighted by Crippen LogP contribution is -2.53. The molecule has 2 aromatic carbocycles. The zero-order valence-corrected chi connectivity index (χ0v) is 27.9. The number of nitrogens with zero attached hydrogens (tertiary/aromatic N) is 2. The van der Waals surface area contributed by atoms with Gasteiger partial charge in [-0.15, -0.1) is 13.2 Å². The fraction of sp³-hybridized carbons (Fsp3) is 0.444. The summed E-state index contributed by atoms with van der Waals surface area (Å²) in [5.74, 6) is 1.60. The van der Waals surface area contributed by atoms with Crippen LogP contribution in [0.15, 0.2) is 67.8 Å². The summed E-state index contributed by atoms with van der Waals surface area (Å²) in [6.45, 7) is 13.5. The van der Waals surface area contributed by atoms with Gasteiger partial charge in [0.15, 0.2) is 0 Å². The molecule has 0 bridgehead atoms. The number of nitrogens with two attached hydrogens (primary N) is 1. The van der Waals surface area contributed by atoms with Crippen molar-refractivity contribution in [2.75, 3.05) is 26.8 Å². The van der Waals surface area contributed by atoms with Gasteiger partial charge in [0.1, 0.15) is 23.6 Å². The Balaban J connectivity index is 0.000000784. The molecule has 4 N–H and O–H groups in total. The highest BCUT2D eigenvalue weighted by Crippen LogP contribution is 2.34. The number of pyridine rings is 1. The minimum Gasteiger partial charge on any atom is -0.497 e. The molecule has 254 valence electrons. The Kier molecular flexibility index (Phi) is 14.5. The van der Waals surface area contributed by atoms with Gasteiger partial charge >= 0.3 is 6.03 Å². The number of ether oxygens (including phenoxy) is 3. The molecule has 1 saturated heterocycles. The van der Waals surface area contributed by atoms with E-state index in [4.69, 9.17) is 20.2 Å². The highest BCUT2D eigenvalue weighted by Gasteiger charge is 2.42. The molecule has 0 spiro atoms. The first-order valence-corrected chi connectivity index (χ1v) is 16.1. The smallest absolute Gasteiger partial charge is 0.318 e. The number of carbonyl (C=O) groups is 3. The molecule has 11 nitrogen and oxygen atoms in total. The summed E-state index contributed by atoms with van der Waals surface area (Å²) in [4.78, 5) is 42.3. The minimum atomic E-state index is -0.620. The number of benzene rings is 2. The second-order valence-corrected chi connectivity index (χ2v) is 11.7. The first-order chi connectivity index (χ1) is 22.8. The number of rotatable bonds is 12. The van der Waals surface area contributed by atoms with Crippen molar-refractivity contribution in [2.24, 2.45) is 11.7 Å². The molecule has 0 radical (unpaired) electrons. The van der Waals surface area contributed by atoms with Crippen molar-refractivity contribution in [3.8, 4) is 22.8 Å². The monoisotopic (exact) mass is 647 g/mol. The van der Waals surface area contributed by atoms with Crippen LogP contribution in [0.5, 0.6) is 11.5 Å². The van der Waals surface area contributed by atoms with Crippen LogP contribution in [0.25, 0.3) is 22.2 Å². The van der Waals surface area contributed by atoms with Crippen molar-refractivity contribution >= 4 is 29.3 Å². The Labute approximate surface area is 277 Å². The number of hydrogen-bond acceptors (Lipinski definition) is 8. The van der Waals surface area contributed by atoms with E-state index in [1.54, 1.807) is 18.9 Å². The quantitative estimate of drug-likeness (QED) is 0.182. The number of aromatic nitrogens is 1. The molecule has 2 unspecified atom stereocenters. The molecule has 2 fully saturated rings. The molecule has 1 aromatic heterocycles. The lowest BCUT2D eigenvalue weighted by atomic mass is 10.0. The normalized spacial score (nSPS) is 17.4. The second kappa shape index (κ2) is 18.5. The van der Waals surface area contributed by atoms with Gasteiger partial charge in [0.25, 0.3) is 6.47 Å². The van der Waals surface area contributed by atoms with Crippen molar-refractivity contribution in [2.45, 2.75) is 70.7 Å². The number of urea groups is 1. The third-order valence-electron chi connectivity index (χ3n) is 7.69. The van der Waals surface area contributed by atoms with Gasteiger partial charge in [0.2, 0.25) is 5.91 Å². The highest BCUT2D eigenvalue weighted by atomic mass is 16.5. The summed E-state index contributed by atoms with van der Waals surface area (Å²) < 4.78 is 16.2. The number of amides is 3. The average molecular weight is 648 g/mol. The number of nitrogens with one attached hydrogen (secondary N) is 2. The van der Waals surface area contributed by atoms with Crippen LogP contribution in [0, 0.1) is 5.92 Å². The van der Waals surface area contributed by atoms with Crippen LogP contribution < -0.4 is 25.8 Å². The lowest BCUT2D eigenvalue weighted by molar-refractivity contribution is -0.128. The van der Waals surface area contributed by atoms with Gasteiger partial charge in [0.05, 0.1) is 31.5 Å².